The van der Waals surface area contributed by atoms with Gasteiger partial charge < -0.3 is 4.90 Å². The van der Waals surface area contributed by atoms with Gasteiger partial charge in [0, 0.05) is 35.7 Å². The lowest BCUT2D eigenvalue weighted by Gasteiger charge is -2.27. The maximum atomic E-state index is 10.9. The molecule has 0 radical (unpaired) electrons. The van der Waals surface area contributed by atoms with Crippen molar-refractivity contribution in [3.63, 3.8) is 0 Å². The zero-order valence-corrected chi connectivity index (χ0v) is 12.6. The molecule has 0 aliphatic carbocycles. The van der Waals surface area contributed by atoms with Crippen LogP contribution in [0, 0.1) is 10.1 Å². The Kier molecular flexibility index (Phi) is 5.19. The summed E-state index contributed by atoms with van der Waals surface area (Å²) < 4.78 is 0. The number of halogens is 1. The molecule has 1 aromatic rings. The van der Waals surface area contributed by atoms with Crippen LogP contribution in [0.1, 0.15) is 37.7 Å². The van der Waals surface area contributed by atoms with Gasteiger partial charge in [-0.3, -0.25) is 10.1 Å². The number of hydrogen-bond acceptors (Lipinski definition) is 3. The maximum absolute atomic E-state index is 10.9. The van der Waals surface area contributed by atoms with E-state index in [1.54, 1.807) is 6.07 Å². The number of nitro groups is 1. The average molecular weight is 327 g/mol. The van der Waals surface area contributed by atoms with E-state index in [0.29, 0.717) is 5.33 Å². The van der Waals surface area contributed by atoms with Gasteiger partial charge in [-0.1, -0.05) is 35.2 Å². The Hall–Kier alpha value is -1.10. The highest BCUT2D eigenvalue weighted by Gasteiger charge is 2.16. The lowest BCUT2D eigenvalue weighted by Crippen LogP contribution is -2.27. The van der Waals surface area contributed by atoms with Crippen molar-refractivity contribution in [3.05, 3.63) is 33.9 Å². The molecule has 1 heterocycles. The molecule has 0 aromatic heterocycles. The van der Waals surface area contributed by atoms with Gasteiger partial charge in [0.2, 0.25) is 0 Å². The van der Waals surface area contributed by atoms with Crippen LogP contribution < -0.4 is 4.90 Å². The standard InChI is InChI=1S/C14H19BrN2O2/c15-11-12-10-13(6-7-14(12)17(18)19)16-8-4-2-1-3-5-9-16/h6-7,10H,1-5,8-9,11H2. The van der Waals surface area contributed by atoms with Crippen LogP contribution in [0.4, 0.5) is 11.4 Å². The minimum atomic E-state index is -0.312. The van der Waals surface area contributed by atoms with Gasteiger partial charge in [-0.25, -0.2) is 0 Å². The molecule has 0 amide bonds. The van der Waals surface area contributed by atoms with Crippen molar-refractivity contribution >= 4 is 27.3 Å². The molecule has 0 bridgehead atoms. The fraction of sp³-hybridized carbons (Fsp3) is 0.571. The molecule has 1 aliphatic rings. The van der Waals surface area contributed by atoms with Gasteiger partial charge in [0.05, 0.1) is 4.92 Å². The summed E-state index contributed by atoms with van der Waals surface area (Å²) in [4.78, 5) is 13.0. The van der Waals surface area contributed by atoms with Crippen molar-refractivity contribution in [2.45, 2.75) is 37.4 Å². The molecule has 4 nitrogen and oxygen atoms in total. The lowest BCUT2D eigenvalue weighted by atomic mass is 10.1. The van der Waals surface area contributed by atoms with Gasteiger partial charge in [0.1, 0.15) is 0 Å². The van der Waals surface area contributed by atoms with Crippen LogP contribution in [0.25, 0.3) is 0 Å². The van der Waals surface area contributed by atoms with Crippen LogP contribution in [-0.2, 0) is 5.33 Å². The minimum Gasteiger partial charge on any atom is -0.372 e. The first-order chi connectivity index (χ1) is 9.22. The largest absolute Gasteiger partial charge is 0.372 e. The summed E-state index contributed by atoms with van der Waals surface area (Å²) in [6, 6.07) is 5.46. The normalized spacial score (nSPS) is 16.8. The zero-order chi connectivity index (χ0) is 13.7. The number of hydrogen-bond donors (Lipinski definition) is 0. The van der Waals surface area contributed by atoms with Gasteiger partial charge in [-0.15, -0.1) is 0 Å². The number of nitrogens with zero attached hydrogens (tertiary/aromatic N) is 2. The highest BCUT2D eigenvalue weighted by Crippen LogP contribution is 2.28. The summed E-state index contributed by atoms with van der Waals surface area (Å²) in [7, 11) is 0. The molecule has 0 saturated carbocycles. The van der Waals surface area contributed by atoms with Gasteiger partial charge in [0.15, 0.2) is 0 Å². The highest BCUT2D eigenvalue weighted by atomic mass is 79.9. The van der Waals surface area contributed by atoms with E-state index in [0.717, 1.165) is 24.3 Å². The first-order valence-corrected chi connectivity index (χ1v) is 7.93. The van der Waals surface area contributed by atoms with Crippen LogP contribution in [0.2, 0.25) is 0 Å². The molecule has 1 fully saturated rings. The third kappa shape index (κ3) is 3.69. The Balaban J connectivity index is 2.21. The molecule has 0 atom stereocenters. The molecule has 1 aromatic carbocycles. The predicted octanol–water partition coefficient (Wildman–Crippen LogP) is 4.26. The molecule has 19 heavy (non-hydrogen) atoms. The smallest absolute Gasteiger partial charge is 0.273 e. The predicted molar refractivity (Wildman–Crippen MR) is 81.0 cm³/mol. The Morgan fingerprint density at radius 2 is 1.79 bits per heavy atom. The SMILES string of the molecule is O=[N+]([O-])c1ccc(N2CCCCCCC2)cc1CBr. The fourth-order valence-corrected chi connectivity index (χ4v) is 3.01. The molecule has 2 rings (SSSR count). The van der Waals surface area contributed by atoms with E-state index in [1.165, 1.54) is 32.1 Å². The molecule has 5 heteroatoms. The van der Waals surface area contributed by atoms with E-state index in [4.69, 9.17) is 0 Å². The van der Waals surface area contributed by atoms with Gasteiger partial charge in [0.25, 0.3) is 5.69 Å². The number of alkyl halides is 1. The molecule has 1 aliphatic heterocycles. The van der Waals surface area contributed by atoms with E-state index in [1.807, 2.05) is 12.1 Å². The van der Waals surface area contributed by atoms with Crippen molar-refractivity contribution in [2.24, 2.45) is 0 Å². The highest BCUT2D eigenvalue weighted by molar-refractivity contribution is 9.08. The topological polar surface area (TPSA) is 46.4 Å². The Labute approximate surface area is 122 Å². The summed E-state index contributed by atoms with van der Waals surface area (Å²) in [5.74, 6) is 0. The average Bonchev–Trinajstić information content (AvgIpc) is 2.37. The number of anilines is 1. The van der Waals surface area contributed by atoms with E-state index in [-0.39, 0.29) is 10.6 Å². The van der Waals surface area contributed by atoms with Crippen LogP contribution in [0.3, 0.4) is 0 Å². The minimum absolute atomic E-state index is 0.202. The first kappa shape index (κ1) is 14.3. The van der Waals surface area contributed by atoms with Crippen LogP contribution >= 0.6 is 15.9 Å². The number of benzene rings is 1. The third-order valence-corrected chi connectivity index (χ3v) is 4.23. The summed E-state index contributed by atoms with van der Waals surface area (Å²) in [6.45, 7) is 2.11. The van der Waals surface area contributed by atoms with Crippen molar-refractivity contribution in [2.75, 3.05) is 18.0 Å². The molecular weight excluding hydrogens is 308 g/mol. The van der Waals surface area contributed by atoms with E-state index < -0.39 is 0 Å². The van der Waals surface area contributed by atoms with Crippen molar-refractivity contribution in [1.29, 1.82) is 0 Å². The van der Waals surface area contributed by atoms with Gasteiger partial charge in [-0.2, -0.15) is 0 Å². The van der Waals surface area contributed by atoms with Crippen LogP contribution in [0.5, 0.6) is 0 Å². The monoisotopic (exact) mass is 326 g/mol. The molecule has 0 N–H and O–H groups in total. The third-order valence-electron chi connectivity index (χ3n) is 3.62. The van der Waals surface area contributed by atoms with Crippen LogP contribution in [-0.4, -0.2) is 18.0 Å². The maximum Gasteiger partial charge on any atom is 0.273 e. The lowest BCUT2D eigenvalue weighted by molar-refractivity contribution is -0.385. The molecule has 0 unspecified atom stereocenters. The van der Waals surface area contributed by atoms with Gasteiger partial charge in [-0.05, 0) is 25.0 Å². The summed E-state index contributed by atoms with van der Waals surface area (Å²) in [5.41, 5.74) is 2.07. The van der Waals surface area contributed by atoms with E-state index >= 15 is 0 Å². The Morgan fingerprint density at radius 3 is 2.37 bits per heavy atom. The first-order valence-electron chi connectivity index (χ1n) is 6.80. The molecular formula is C14H19BrN2O2. The summed E-state index contributed by atoms with van der Waals surface area (Å²) >= 11 is 3.34. The molecule has 104 valence electrons. The van der Waals surface area contributed by atoms with Crippen molar-refractivity contribution < 1.29 is 4.92 Å². The number of nitro benzene ring substituents is 1. The Bertz CT molecular complexity index is 443. The summed E-state index contributed by atoms with van der Waals surface area (Å²) in [5, 5.41) is 11.5. The van der Waals surface area contributed by atoms with Crippen LogP contribution in [0.15, 0.2) is 18.2 Å². The Morgan fingerprint density at radius 1 is 1.16 bits per heavy atom. The second-order valence-electron chi connectivity index (χ2n) is 4.96. The summed E-state index contributed by atoms with van der Waals surface area (Å²) in [6.07, 6.45) is 6.32. The van der Waals surface area contributed by atoms with Gasteiger partial charge >= 0.3 is 0 Å². The number of rotatable bonds is 3. The van der Waals surface area contributed by atoms with Crippen molar-refractivity contribution in [1.82, 2.24) is 0 Å². The van der Waals surface area contributed by atoms with E-state index in [2.05, 4.69) is 20.8 Å². The molecule has 0 spiro atoms. The zero-order valence-electron chi connectivity index (χ0n) is 11.0. The second kappa shape index (κ2) is 6.89. The quantitative estimate of drug-likeness (QED) is 0.473. The second-order valence-corrected chi connectivity index (χ2v) is 5.52. The fourth-order valence-electron chi connectivity index (χ4n) is 2.56. The van der Waals surface area contributed by atoms with E-state index in [9.17, 15) is 10.1 Å². The molecule has 1 saturated heterocycles. The van der Waals surface area contributed by atoms with Crippen molar-refractivity contribution in [3.8, 4) is 0 Å².